The van der Waals surface area contributed by atoms with E-state index in [1.807, 2.05) is 0 Å². The summed E-state index contributed by atoms with van der Waals surface area (Å²) in [7, 11) is 0. The Bertz CT molecular complexity index is 132. The minimum absolute atomic E-state index is 1.03. The highest BCUT2D eigenvalue weighted by molar-refractivity contribution is 8.00. The van der Waals surface area contributed by atoms with E-state index in [1.165, 1.54) is 64.2 Å². The van der Waals surface area contributed by atoms with E-state index < -0.39 is 0 Å². The predicted octanol–water partition coefficient (Wildman–Crippen LogP) is 4.39. The maximum atomic E-state index is 2.33. The van der Waals surface area contributed by atoms with Crippen molar-refractivity contribution in [3.8, 4) is 0 Å². The van der Waals surface area contributed by atoms with Gasteiger partial charge in [-0.05, 0) is 25.7 Å². The summed E-state index contributed by atoms with van der Waals surface area (Å²) in [4.78, 5) is 0. The molecular formula is C12H22S. The van der Waals surface area contributed by atoms with Crippen LogP contribution in [0.5, 0.6) is 0 Å². The average molecular weight is 198 g/mol. The Hall–Kier alpha value is 0.350. The van der Waals surface area contributed by atoms with Crippen LogP contribution in [0.1, 0.15) is 64.2 Å². The molecule has 0 amide bonds. The Morgan fingerprint density at radius 2 is 1.00 bits per heavy atom. The molecule has 76 valence electrons. The maximum absolute atomic E-state index is 2.33. The third kappa shape index (κ3) is 3.19. The molecule has 2 rings (SSSR count). The van der Waals surface area contributed by atoms with E-state index in [2.05, 4.69) is 11.8 Å². The van der Waals surface area contributed by atoms with Crippen LogP contribution in [-0.2, 0) is 0 Å². The summed E-state index contributed by atoms with van der Waals surface area (Å²) in [5.41, 5.74) is 0. The van der Waals surface area contributed by atoms with Crippen LogP contribution < -0.4 is 0 Å². The molecule has 13 heavy (non-hydrogen) atoms. The van der Waals surface area contributed by atoms with Gasteiger partial charge in [-0.15, -0.1) is 0 Å². The molecule has 0 aromatic heterocycles. The van der Waals surface area contributed by atoms with Gasteiger partial charge in [-0.25, -0.2) is 0 Å². The summed E-state index contributed by atoms with van der Waals surface area (Å²) in [6, 6.07) is 0. The lowest BCUT2D eigenvalue weighted by atomic mass is 9.99. The maximum Gasteiger partial charge on any atom is 0.00498 e. The molecule has 0 aromatic carbocycles. The molecule has 0 N–H and O–H groups in total. The highest BCUT2D eigenvalue weighted by atomic mass is 32.2. The summed E-state index contributed by atoms with van der Waals surface area (Å²) in [6.07, 6.45) is 15.1. The van der Waals surface area contributed by atoms with Gasteiger partial charge in [-0.3, -0.25) is 0 Å². The Labute approximate surface area is 86.9 Å². The van der Waals surface area contributed by atoms with Crippen molar-refractivity contribution in [1.82, 2.24) is 0 Å². The van der Waals surface area contributed by atoms with Crippen molar-refractivity contribution in [3.63, 3.8) is 0 Å². The third-order valence-electron chi connectivity index (χ3n) is 3.49. The smallest absolute Gasteiger partial charge is 0.00498 e. The van der Waals surface area contributed by atoms with Crippen LogP contribution in [0.3, 0.4) is 0 Å². The number of hydrogen-bond acceptors (Lipinski definition) is 1. The van der Waals surface area contributed by atoms with Crippen LogP contribution >= 0.6 is 11.8 Å². The zero-order chi connectivity index (χ0) is 8.93. The number of hydrogen-bond donors (Lipinski definition) is 0. The molecule has 2 aliphatic rings. The summed E-state index contributed by atoms with van der Waals surface area (Å²) >= 11 is 2.33. The molecule has 0 unspecified atom stereocenters. The standard InChI is InChI=1S/C12H22S/c1-2-4-7-11(8-5-3-1)13-12-9-6-10-12/h11-12H,1-10H2. The highest BCUT2D eigenvalue weighted by Crippen LogP contribution is 2.38. The molecule has 0 saturated heterocycles. The van der Waals surface area contributed by atoms with Crippen LogP contribution in [0.25, 0.3) is 0 Å². The van der Waals surface area contributed by atoms with Crippen LogP contribution in [0.4, 0.5) is 0 Å². The fraction of sp³-hybridized carbons (Fsp3) is 1.00. The Morgan fingerprint density at radius 3 is 1.46 bits per heavy atom. The van der Waals surface area contributed by atoms with Crippen LogP contribution in [-0.4, -0.2) is 10.5 Å². The highest BCUT2D eigenvalue weighted by Gasteiger charge is 2.22. The molecule has 1 heteroatoms. The third-order valence-corrected chi connectivity index (χ3v) is 5.20. The summed E-state index contributed by atoms with van der Waals surface area (Å²) in [5.74, 6) is 0. The summed E-state index contributed by atoms with van der Waals surface area (Å²) in [6.45, 7) is 0. The lowest BCUT2D eigenvalue weighted by Crippen LogP contribution is -2.18. The van der Waals surface area contributed by atoms with Crippen LogP contribution in [0.2, 0.25) is 0 Å². The second kappa shape index (κ2) is 5.29. The first-order valence-corrected chi connectivity index (χ1v) is 7.05. The van der Waals surface area contributed by atoms with E-state index in [4.69, 9.17) is 0 Å². The quantitative estimate of drug-likeness (QED) is 0.634. The fourth-order valence-electron chi connectivity index (χ4n) is 2.33. The zero-order valence-corrected chi connectivity index (χ0v) is 9.45. The SMILES string of the molecule is C1CCCC(SC2CCC2)CCC1. The fourth-order valence-corrected chi connectivity index (χ4v) is 4.09. The van der Waals surface area contributed by atoms with E-state index in [1.54, 1.807) is 0 Å². The lowest BCUT2D eigenvalue weighted by molar-refractivity contribution is 0.495. The number of rotatable bonds is 2. The van der Waals surface area contributed by atoms with Gasteiger partial charge in [0.05, 0.1) is 0 Å². The molecule has 0 heterocycles. The van der Waals surface area contributed by atoms with E-state index in [0.29, 0.717) is 0 Å². The van der Waals surface area contributed by atoms with Gasteiger partial charge in [-0.1, -0.05) is 38.5 Å². The largest absolute Gasteiger partial charge is 0.155 e. The van der Waals surface area contributed by atoms with Crippen molar-refractivity contribution in [2.75, 3.05) is 0 Å². The second-order valence-electron chi connectivity index (χ2n) is 4.66. The molecule has 0 aromatic rings. The zero-order valence-electron chi connectivity index (χ0n) is 8.63. The van der Waals surface area contributed by atoms with Crippen molar-refractivity contribution < 1.29 is 0 Å². The monoisotopic (exact) mass is 198 g/mol. The van der Waals surface area contributed by atoms with Gasteiger partial charge in [0.15, 0.2) is 0 Å². The summed E-state index contributed by atoms with van der Waals surface area (Å²) in [5, 5.41) is 2.09. The van der Waals surface area contributed by atoms with E-state index in [9.17, 15) is 0 Å². The first kappa shape index (κ1) is 9.89. The minimum atomic E-state index is 1.03. The Morgan fingerprint density at radius 1 is 0.538 bits per heavy atom. The van der Waals surface area contributed by atoms with Gasteiger partial charge >= 0.3 is 0 Å². The summed E-state index contributed by atoms with van der Waals surface area (Å²) < 4.78 is 0. The van der Waals surface area contributed by atoms with Gasteiger partial charge in [0, 0.05) is 10.5 Å². The molecule has 2 fully saturated rings. The molecule has 0 atom stereocenters. The molecular weight excluding hydrogens is 176 g/mol. The molecule has 0 spiro atoms. The second-order valence-corrected chi connectivity index (χ2v) is 6.26. The first-order valence-electron chi connectivity index (χ1n) is 6.10. The molecule has 0 radical (unpaired) electrons. The van der Waals surface area contributed by atoms with Gasteiger partial charge < -0.3 is 0 Å². The van der Waals surface area contributed by atoms with E-state index in [-0.39, 0.29) is 0 Å². The van der Waals surface area contributed by atoms with Gasteiger partial charge in [0.1, 0.15) is 0 Å². The first-order chi connectivity index (χ1) is 6.45. The molecule has 0 nitrogen and oxygen atoms in total. The minimum Gasteiger partial charge on any atom is -0.155 e. The molecule has 0 bridgehead atoms. The van der Waals surface area contributed by atoms with Crippen LogP contribution in [0, 0.1) is 0 Å². The van der Waals surface area contributed by atoms with Crippen LogP contribution in [0.15, 0.2) is 0 Å². The van der Waals surface area contributed by atoms with Crippen molar-refractivity contribution in [2.24, 2.45) is 0 Å². The van der Waals surface area contributed by atoms with Gasteiger partial charge in [0.25, 0.3) is 0 Å². The van der Waals surface area contributed by atoms with E-state index in [0.717, 1.165) is 10.5 Å². The molecule has 0 aliphatic heterocycles. The van der Waals surface area contributed by atoms with Crippen molar-refractivity contribution in [3.05, 3.63) is 0 Å². The lowest BCUT2D eigenvalue weighted by Gasteiger charge is -2.30. The van der Waals surface area contributed by atoms with Crippen molar-refractivity contribution >= 4 is 11.8 Å². The van der Waals surface area contributed by atoms with E-state index >= 15 is 0 Å². The number of thioether (sulfide) groups is 1. The topological polar surface area (TPSA) is 0 Å². The molecule has 2 saturated carbocycles. The van der Waals surface area contributed by atoms with Gasteiger partial charge in [-0.2, -0.15) is 11.8 Å². The Balaban J connectivity index is 1.68. The van der Waals surface area contributed by atoms with Crippen molar-refractivity contribution in [1.29, 1.82) is 0 Å². The van der Waals surface area contributed by atoms with Crippen molar-refractivity contribution in [2.45, 2.75) is 74.7 Å². The predicted molar refractivity (Wildman–Crippen MR) is 61.3 cm³/mol. The van der Waals surface area contributed by atoms with Gasteiger partial charge in [0.2, 0.25) is 0 Å². The normalized spacial score (nSPS) is 27.7. The Kier molecular flexibility index (Phi) is 4.02. The molecule has 2 aliphatic carbocycles. The average Bonchev–Trinajstić information content (AvgIpc) is 1.99.